The number of carboxylic acids is 1. The fraction of sp³-hybridized carbons (Fsp3) is 0.360. The van der Waals surface area contributed by atoms with Crippen LogP contribution in [0.3, 0.4) is 0 Å². The summed E-state index contributed by atoms with van der Waals surface area (Å²) in [6.45, 7) is 1.76. The van der Waals surface area contributed by atoms with Crippen molar-refractivity contribution in [2.24, 2.45) is 5.10 Å². The van der Waals surface area contributed by atoms with Gasteiger partial charge in [-0.25, -0.2) is 9.78 Å². The van der Waals surface area contributed by atoms with Crippen molar-refractivity contribution in [3.63, 3.8) is 0 Å². The maximum Gasteiger partial charge on any atom is 0.341 e. The van der Waals surface area contributed by atoms with Crippen molar-refractivity contribution in [3.8, 4) is 11.5 Å². The van der Waals surface area contributed by atoms with Gasteiger partial charge < -0.3 is 14.6 Å². The number of benzene rings is 2. The Morgan fingerprint density at radius 1 is 1.15 bits per heavy atom. The molecule has 0 amide bonds. The van der Waals surface area contributed by atoms with Gasteiger partial charge in [-0.15, -0.1) is 0 Å². The second-order valence-corrected chi connectivity index (χ2v) is 8.01. The van der Waals surface area contributed by atoms with E-state index in [-0.39, 0.29) is 11.5 Å². The molecule has 1 aliphatic rings. The Morgan fingerprint density at radius 2 is 1.94 bits per heavy atom. The molecule has 2 aromatic carbocycles. The third-order valence-corrected chi connectivity index (χ3v) is 5.69. The highest BCUT2D eigenvalue weighted by atomic mass is 16.5. The zero-order valence-corrected chi connectivity index (χ0v) is 18.6. The van der Waals surface area contributed by atoms with Gasteiger partial charge in [0.05, 0.1) is 23.7 Å². The lowest BCUT2D eigenvalue weighted by Gasteiger charge is -2.22. The lowest BCUT2D eigenvalue weighted by Crippen LogP contribution is -2.25. The maximum absolute atomic E-state index is 13.3. The Kier molecular flexibility index (Phi) is 7.02. The minimum atomic E-state index is -1.07. The quantitative estimate of drug-likeness (QED) is 0.517. The van der Waals surface area contributed by atoms with Crippen molar-refractivity contribution < 1.29 is 19.4 Å². The average molecular weight is 450 g/mol. The van der Waals surface area contributed by atoms with Crippen molar-refractivity contribution in [1.82, 2.24) is 9.66 Å². The number of para-hydroxylation sites is 1. The van der Waals surface area contributed by atoms with Crippen LogP contribution in [0.2, 0.25) is 0 Å². The zero-order chi connectivity index (χ0) is 23.2. The lowest BCUT2D eigenvalue weighted by atomic mass is 9.88. The van der Waals surface area contributed by atoms with E-state index in [0.29, 0.717) is 40.4 Å². The number of hydrogen-bond donors (Lipinski definition) is 1. The number of carboxylic acid groups (broad SMARTS) is 1. The van der Waals surface area contributed by atoms with Crippen LogP contribution < -0.4 is 15.0 Å². The van der Waals surface area contributed by atoms with Crippen molar-refractivity contribution in [2.75, 3.05) is 13.2 Å². The summed E-state index contributed by atoms with van der Waals surface area (Å²) in [5, 5.41) is 13.9. The van der Waals surface area contributed by atoms with E-state index in [1.165, 1.54) is 11.1 Å². The molecule has 33 heavy (non-hydrogen) atoms. The van der Waals surface area contributed by atoms with Crippen LogP contribution in [0.5, 0.6) is 11.5 Å². The molecule has 0 aliphatic heterocycles. The highest BCUT2D eigenvalue weighted by molar-refractivity contribution is 5.81. The second-order valence-electron chi connectivity index (χ2n) is 8.01. The highest BCUT2D eigenvalue weighted by Gasteiger charge is 2.22. The Labute approximate surface area is 191 Å². The van der Waals surface area contributed by atoms with Crippen LogP contribution in [0.25, 0.3) is 10.9 Å². The van der Waals surface area contributed by atoms with Crippen molar-refractivity contribution in [1.29, 1.82) is 0 Å². The van der Waals surface area contributed by atoms with Gasteiger partial charge in [0.1, 0.15) is 5.82 Å². The van der Waals surface area contributed by atoms with E-state index in [0.717, 1.165) is 25.7 Å². The van der Waals surface area contributed by atoms with Crippen molar-refractivity contribution in [2.45, 2.75) is 44.9 Å². The minimum absolute atomic E-state index is 0.191. The van der Waals surface area contributed by atoms with Crippen LogP contribution in [-0.2, 0) is 4.79 Å². The van der Waals surface area contributed by atoms with Gasteiger partial charge in [-0.2, -0.15) is 9.78 Å². The fourth-order valence-electron chi connectivity index (χ4n) is 4.13. The molecule has 0 spiro atoms. The molecule has 4 rings (SSSR count). The first-order valence-corrected chi connectivity index (χ1v) is 11.2. The average Bonchev–Trinajstić information content (AvgIpc) is 2.83. The summed E-state index contributed by atoms with van der Waals surface area (Å²) in [4.78, 5) is 28.9. The topological polar surface area (TPSA) is 103 Å². The van der Waals surface area contributed by atoms with Gasteiger partial charge in [0, 0.05) is 5.92 Å². The molecule has 0 atom stereocenters. The summed E-state index contributed by atoms with van der Waals surface area (Å²) in [6, 6.07) is 12.4. The van der Waals surface area contributed by atoms with Crippen molar-refractivity contribution in [3.05, 3.63) is 64.2 Å². The minimum Gasteiger partial charge on any atom is -0.490 e. The monoisotopic (exact) mass is 449 g/mol. The molecule has 1 N–H and O–H groups in total. The molecular formula is C25H27N3O5. The second kappa shape index (κ2) is 10.3. The number of aromatic nitrogens is 2. The maximum atomic E-state index is 13.3. The number of nitrogens with zero attached hydrogens (tertiary/aromatic N) is 3. The molecule has 8 heteroatoms. The molecule has 1 fully saturated rings. The predicted molar refractivity (Wildman–Crippen MR) is 126 cm³/mol. The molecule has 1 saturated carbocycles. The van der Waals surface area contributed by atoms with Gasteiger partial charge in [0.15, 0.2) is 18.1 Å². The number of rotatable bonds is 8. The zero-order valence-electron chi connectivity index (χ0n) is 18.6. The smallest absolute Gasteiger partial charge is 0.341 e. The first-order valence-electron chi connectivity index (χ1n) is 11.2. The molecule has 1 aromatic heterocycles. The Balaban J connectivity index is 1.72. The van der Waals surface area contributed by atoms with Crippen LogP contribution in [0, 0.1) is 0 Å². The van der Waals surface area contributed by atoms with Gasteiger partial charge in [0.2, 0.25) is 0 Å². The van der Waals surface area contributed by atoms with E-state index in [4.69, 9.17) is 19.6 Å². The van der Waals surface area contributed by atoms with Crippen LogP contribution in [0.1, 0.15) is 56.3 Å². The first-order chi connectivity index (χ1) is 16.1. The summed E-state index contributed by atoms with van der Waals surface area (Å²) in [5.74, 6) is 0.574. The number of aliphatic carboxylic acids is 1. The fourth-order valence-corrected chi connectivity index (χ4v) is 4.13. The molecule has 172 valence electrons. The number of carbonyl (C=O) groups is 1. The van der Waals surface area contributed by atoms with Crippen LogP contribution >= 0.6 is 0 Å². The highest BCUT2D eigenvalue weighted by Crippen LogP contribution is 2.32. The SMILES string of the molecule is CCOc1cc(C=Nn2c(C3CCCCC3)nc3ccccc3c2=O)ccc1OCC(=O)O. The van der Waals surface area contributed by atoms with E-state index in [2.05, 4.69) is 5.10 Å². The summed E-state index contributed by atoms with van der Waals surface area (Å²) in [7, 11) is 0. The van der Waals surface area contributed by atoms with Gasteiger partial charge in [-0.05, 0) is 55.7 Å². The third kappa shape index (κ3) is 5.22. The normalized spacial score (nSPS) is 14.6. The lowest BCUT2D eigenvalue weighted by molar-refractivity contribution is -0.139. The molecular weight excluding hydrogens is 422 g/mol. The van der Waals surface area contributed by atoms with Crippen molar-refractivity contribution >= 4 is 23.1 Å². The van der Waals surface area contributed by atoms with Gasteiger partial charge in [0.25, 0.3) is 5.56 Å². The van der Waals surface area contributed by atoms with E-state index >= 15 is 0 Å². The molecule has 3 aromatic rings. The van der Waals surface area contributed by atoms with E-state index in [1.54, 1.807) is 30.5 Å². The molecule has 8 nitrogen and oxygen atoms in total. The first kappa shape index (κ1) is 22.5. The molecule has 1 heterocycles. The molecule has 0 saturated heterocycles. The summed E-state index contributed by atoms with van der Waals surface area (Å²) >= 11 is 0. The largest absolute Gasteiger partial charge is 0.490 e. The molecule has 0 bridgehead atoms. The summed E-state index contributed by atoms with van der Waals surface area (Å²) in [5.41, 5.74) is 1.19. The number of fused-ring (bicyclic) bond motifs is 1. The number of ether oxygens (including phenoxy) is 2. The molecule has 1 aliphatic carbocycles. The summed E-state index contributed by atoms with van der Waals surface area (Å²) < 4.78 is 12.3. The van der Waals surface area contributed by atoms with Gasteiger partial charge in [-0.3, -0.25) is 4.79 Å². The Bertz CT molecular complexity index is 1230. The number of hydrogen-bond acceptors (Lipinski definition) is 6. The molecule has 0 unspecified atom stereocenters. The standard InChI is InChI=1S/C25H27N3O5/c1-2-32-22-14-17(12-13-21(22)33-16-23(29)30)15-26-28-24(18-8-4-3-5-9-18)27-20-11-7-6-10-19(20)25(28)31/h6-7,10-15,18H,2-5,8-9,16H2,1H3,(H,29,30). The third-order valence-electron chi connectivity index (χ3n) is 5.69. The Morgan fingerprint density at radius 3 is 2.70 bits per heavy atom. The van der Waals surface area contributed by atoms with E-state index in [9.17, 15) is 9.59 Å². The van der Waals surface area contributed by atoms with Crippen LogP contribution in [0.4, 0.5) is 0 Å². The van der Waals surface area contributed by atoms with E-state index in [1.807, 2.05) is 25.1 Å². The van der Waals surface area contributed by atoms with Gasteiger partial charge >= 0.3 is 5.97 Å². The Hall–Kier alpha value is -3.68. The van der Waals surface area contributed by atoms with Crippen LogP contribution in [0.15, 0.2) is 52.4 Å². The van der Waals surface area contributed by atoms with Gasteiger partial charge in [-0.1, -0.05) is 31.4 Å². The molecule has 0 radical (unpaired) electrons. The van der Waals surface area contributed by atoms with Crippen LogP contribution in [-0.4, -0.2) is 40.2 Å². The van der Waals surface area contributed by atoms with E-state index < -0.39 is 12.6 Å². The predicted octanol–water partition coefficient (Wildman–Crippen LogP) is 4.19. The summed E-state index contributed by atoms with van der Waals surface area (Å²) in [6.07, 6.45) is 7.01.